The van der Waals surface area contributed by atoms with E-state index >= 15 is 0 Å². The molecule has 280 valence electrons. The fourth-order valence-electron chi connectivity index (χ4n) is 6.13. The van der Waals surface area contributed by atoms with E-state index in [1.807, 2.05) is 107 Å². The predicted molar refractivity (Wildman–Crippen MR) is 226 cm³/mol. The molecule has 0 aliphatic carbocycles. The maximum atomic E-state index is 4.54. The summed E-state index contributed by atoms with van der Waals surface area (Å²) >= 11 is 0. The molecule has 57 heavy (non-hydrogen) atoms. The van der Waals surface area contributed by atoms with Gasteiger partial charge in [0.25, 0.3) is 0 Å². The number of benzene rings is 6. The van der Waals surface area contributed by atoms with Crippen LogP contribution in [0.4, 0.5) is 0 Å². The molecule has 9 rings (SSSR count). The minimum absolute atomic E-state index is 0. The number of aromatic nitrogens is 5. The normalized spacial score (nSPS) is 10.2. The number of rotatable bonds is 10. The van der Waals surface area contributed by atoms with Gasteiger partial charge in [0.15, 0.2) is 0 Å². The molecule has 0 aliphatic heterocycles. The zero-order chi connectivity index (χ0) is 38.0. The minimum Gasteiger partial charge on any atom is -0.265 e. The van der Waals surface area contributed by atoms with Crippen LogP contribution in [0.3, 0.4) is 0 Å². The van der Waals surface area contributed by atoms with Gasteiger partial charge >= 0.3 is 20.1 Å². The molecule has 0 saturated heterocycles. The van der Waals surface area contributed by atoms with Crippen molar-refractivity contribution >= 4 is 0 Å². The van der Waals surface area contributed by atoms with Crippen LogP contribution >= 0.6 is 0 Å². The number of aryl methyl sites for hydroxylation is 4. The third-order valence-electron chi connectivity index (χ3n) is 9.16. The molecule has 0 saturated carbocycles. The zero-order valence-corrected chi connectivity index (χ0v) is 33.9. The summed E-state index contributed by atoms with van der Waals surface area (Å²) in [6.45, 7) is 0. The molecule has 0 spiro atoms. The van der Waals surface area contributed by atoms with Crippen molar-refractivity contribution in [2.45, 2.75) is 25.7 Å². The average molecular weight is 917 g/mol. The first-order chi connectivity index (χ1) is 27.8. The van der Waals surface area contributed by atoms with E-state index in [-0.39, 0.29) is 20.1 Å². The SMILES string of the molecule is [Ir+3].[c-]1cc(CCc2cccc(CCc3c[c-]c(-n4cc(-c5ccccc5)cn4)cc3)c2)ccc1-n1cc(-c2ccccc2)cn1.[c-]1ccccc1.c1ccncc1. The quantitative estimate of drug-likeness (QED) is 0.128. The first-order valence-electron chi connectivity index (χ1n) is 18.8. The molecule has 5 nitrogen and oxygen atoms in total. The Balaban J connectivity index is 0.000000361. The van der Waals surface area contributed by atoms with E-state index in [0.29, 0.717) is 0 Å². The monoisotopic (exact) mass is 917 g/mol. The van der Waals surface area contributed by atoms with Crippen molar-refractivity contribution in [1.82, 2.24) is 24.5 Å². The summed E-state index contributed by atoms with van der Waals surface area (Å²) in [5.41, 5.74) is 11.7. The van der Waals surface area contributed by atoms with Gasteiger partial charge < -0.3 is 0 Å². The molecule has 0 aliphatic rings. The second-order valence-electron chi connectivity index (χ2n) is 13.2. The van der Waals surface area contributed by atoms with Gasteiger partial charge in [-0.05, 0) is 58.6 Å². The Morgan fingerprint density at radius 3 is 1.25 bits per heavy atom. The largest absolute Gasteiger partial charge is 3.00 e. The summed E-state index contributed by atoms with van der Waals surface area (Å²) < 4.78 is 3.78. The zero-order valence-electron chi connectivity index (χ0n) is 31.5. The second-order valence-corrected chi connectivity index (χ2v) is 13.2. The Morgan fingerprint density at radius 2 is 0.877 bits per heavy atom. The summed E-state index contributed by atoms with van der Waals surface area (Å²) in [5.74, 6) is 0. The van der Waals surface area contributed by atoms with E-state index in [4.69, 9.17) is 0 Å². The first kappa shape index (κ1) is 40.2. The van der Waals surface area contributed by atoms with E-state index < -0.39 is 0 Å². The molecule has 0 atom stereocenters. The molecule has 6 aromatic carbocycles. The van der Waals surface area contributed by atoms with E-state index in [0.717, 1.165) is 59.3 Å². The molecule has 0 bridgehead atoms. The van der Waals surface area contributed by atoms with Gasteiger partial charge in [-0.1, -0.05) is 104 Å². The van der Waals surface area contributed by atoms with Crippen molar-refractivity contribution in [2.24, 2.45) is 0 Å². The summed E-state index contributed by atoms with van der Waals surface area (Å²) in [4.78, 5) is 3.78. The maximum Gasteiger partial charge on any atom is 3.00 e. The standard InChI is InChI=1S/C40H32N4.C6H5.C5H5N.Ir/c1-3-10-35(11-4-1)37-27-41-43(29-37)39-22-18-31(19-23-39)14-16-33-8-7-9-34(26-33)17-15-32-20-24-40(25-21-32)44-30-38(28-42-44)36-12-5-2-6-13-36;2*1-2-4-6-5-3-1;/h1-13,18-22,24,26-30H,14-17H2;2*1-5H;/q-2;-1;;+3. The van der Waals surface area contributed by atoms with Gasteiger partial charge in [-0.3, -0.25) is 14.3 Å². The van der Waals surface area contributed by atoms with Crippen LogP contribution < -0.4 is 0 Å². The Kier molecular flexibility index (Phi) is 15.2. The minimum atomic E-state index is 0. The van der Waals surface area contributed by atoms with Gasteiger partial charge in [0.05, 0.1) is 12.4 Å². The summed E-state index contributed by atoms with van der Waals surface area (Å²) in [6, 6.07) is 67.4. The van der Waals surface area contributed by atoms with Gasteiger partial charge in [0.1, 0.15) is 0 Å². The Hall–Kier alpha value is -6.46. The first-order valence-corrected chi connectivity index (χ1v) is 18.8. The third-order valence-corrected chi connectivity index (χ3v) is 9.16. The molecular weight excluding hydrogens is 875 g/mol. The maximum absolute atomic E-state index is 4.54. The van der Waals surface area contributed by atoms with Crippen molar-refractivity contribution < 1.29 is 20.1 Å². The molecule has 9 aromatic rings. The van der Waals surface area contributed by atoms with E-state index in [2.05, 4.69) is 131 Å². The van der Waals surface area contributed by atoms with Crippen LogP contribution in [0.5, 0.6) is 0 Å². The van der Waals surface area contributed by atoms with Crippen LogP contribution in [0.15, 0.2) is 207 Å². The van der Waals surface area contributed by atoms with Crippen LogP contribution in [0.2, 0.25) is 0 Å². The van der Waals surface area contributed by atoms with Gasteiger partial charge in [-0.15, -0.1) is 12.1 Å². The van der Waals surface area contributed by atoms with Crippen molar-refractivity contribution in [2.75, 3.05) is 0 Å². The molecule has 0 unspecified atom stereocenters. The second kappa shape index (κ2) is 21.6. The summed E-state index contributed by atoms with van der Waals surface area (Å²) in [6.07, 6.45) is 15.4. The summed E-state index contributed by atoms with van der Waals surface area (Å²) in [5, 5.41) is 9.09. The number of nitrogens with zero attached hydrogens (tertiary/aromatic N) is 5. The van der Waals surface area contributed by atoms with E-state index in [9.17, 15) is 0 Å². The predicted octanol–water partition coefficient (Wildman–Crippen LogP) is 11.1. The van der Waals surface area contributed by atoms with Gasteiger partial charge in [-0.25, -0.2) is 0 Å². The van der Waals surface area contributed by atoms with E-state index in [1.54, 1.807) is 12.4 Å². The van der Waals surface area contributed by atoms with Crippen molar-refractivity contribution in [3.63, 3.8) is 0 Å². The van der Waals surface area contributed by atoms with Crippen LogP contribution in [-0.4, -0.2) is 24.5 Å². The Bertz CT molecular complexity index is 2220. The van der Waals surface area contributed by atoms with Crippen LogP contribution in [0, 0.1) is 18.2 Å². The number of pyridine rings is 1. The molecular formula is C51H42IrN5. The smallest absolute Gasteiger partial charge is 0.265 e. The Labute approximate surface area is 349 Å². The van der Waals surface area contributed by atoms with Gasteiger partial charge in [0, 0.05) is 35.9 Å². The average Bonchev–Trinajstić information content (AvgIpc) is 4.00. The molecule has 0 amide bonds. The third kappa shape index (κ3) is 12.3. The number of hydrogen-bond donors (Lipinski definition) is 0. The van der Waals surface area contributed by atoms with Crippen molar-refractivity contribution in [3.05, 3.63) is 247 Å². The number of hydrogen-bond acceptors (Lipinski definition) is 3. The van der Waals surface area contributed by atoms with Crippen molar-refractivity contribution in [3.8, 4) is 33.6 Å². The van der Waals surface area contributed by atoms with Crippen molar-refractivity contribution in [1.29, 1.82) is 0 Å². The fourth-order valence-corrected chi connectivity index (χ4v) is 6.13. The topological polar surface area (TPSA) is 48.5 Å². The molecule has 6 heteroatoms. The molecule has 0 N–H and O–H groups in total. The molecule has 0 fully saturated rings. The fraction of sp³-hybridized carbons (Fsp3) is 0.0784. The molecule has 3 aromatic heterocycles. The van der Waals surface area contributed by atoms with Gasteiger partial charge in [0.2, 0.25) is 0 Å². The van der Waals surface area contributed by atoms with Crippen LogP contribution in [0.25, 0.3) is 33.6 Å². The Morgan fingerprint density at radius 1 is 0.421 bits per heavy atom. The van der Waals surface area contributed by atoms with Crippen LogP contribution in [0.1, 0.15) is 22.3 Å². The van der Waals surface area contributed by atoms with Crippen LogP contribution in [-0.2, 0) is 45.8 Å². The van der Waals surface area contributed by atoms with E-state index in [1.165, 1.54) is 22.3 Å². The molecule has 3 heterocycles. The van der Waals surface area contributed by atoms with Gasteiger partial charge in [-0.2, -0.15) is 94.1 Å². The molecule has 0 radical (unpaired) electrons. The summed E-state index contributed by atoms with van der Waals surface area (Å²) in [7, 11) is 0.